The zero-order valence-electron chi connectivity index (χ0n) is 12.8. The van der Waals surface area contributed by atoms with Crippen molar-refractivity contribution in [2.24, 2.45) is 0 Å². The molecule has 0 saturated carbocycles. The Morgan fingerprint density at radius 3 is 2.91 bits per heavy atom. The van der Waals surface area contributed by atoms with Gasteiger partial charge in [-0.3, -0.25) is 4.98 Å². The second kappa shape index (κ2) is 6.47. The summed E-state index contributed by atoms with van der Waals surface area (Å²) in [5, 5.41) is 0. The minimum Gasteiger partial charge on any atom is -0.497 e. The summed E-state index contributed by atoms with van der Waals surface area (Å²) in [5.74, 6) is 2.32. The molecule has 0 radical (unpaired) electrons. The van der Waals surface area contributed by atoms with Crippen molar-refractivity contribution < 1.29 is 9.47 Å². The molecule has 114 valence electrons. The standard InChI is InChI=1S/C17H19N3O2/c1-3-4-9-22-16-10-12(21-2)5-6-13(16)17-19-14-7-8-18-11-15(14)20-17/h5-8,10-11H,3-4,9H2,1-2H3,(H,19,20). The molecule has 2 aromatic heterocycles. The van der Waals surface area contributed by atoms with Gasteiger partial charge in [0.1, 0.15) is 17.3 Å². The summed E-state index contributed by atoms with van der Waals surface area (Å²) in [6.45, 7) is 2.82. The number of fused-ring (bicyclic) bond motifs is 1. The first-order chi connectivity index (χ1) is 10.8. The van der Waals surface area contributed by atoms with Crippen LogP contribution in [0.5, 0.6) is 11.5 Å². The Morgan fingerprint density at radius 2 is 2.14 bits per heavy atom. The lowest BCUT2D eigenvalue weighted by atomic mass is 10.2. The number of H-pyrrole nitrogens is 1. The van der Waals surface area contributed by atoms with Crippen LogP contribution in [0.15, 0.2) is 36.7 Å². The van der Waals surface area contributed by atoms with Gasteiger partial charge in [-0.05, 0) is 24.6 Å². The van der Waals surface area contributed by atoms with Crippen molar-refractivity contribution in [3.63, 3.8) is 0 Å². The first-order valence-electron chi connectivity index (χ1n) is 7.42. The zero-order chi connectivity index (χ0) is 15.4. The fourth-order valence-corrected chi connectivity index (χ4v) is 2.26. The van der Waals surface area contributed by atoms with Crippen LogP contribution in [0.1, 0.15) is 19.8 Å². The SMILES string of the molecule is CCCCOc1cc(OC)ccc1-c1nc2ccncc2[nH]1. The first kappa shape index (κ1) is 14.4. The summed E-state index contributed by atoms with van der Waals surface area (Å²) in [4.78, 5) is 12.0. The third kappa shape index (κ3) is 2.88. The predicted molar refractivity (Wildman–Crippen MR) is 86.3 cm³/mol. The lowest BCUT2D eigenvalue weighted by molar-refractivity contribution is 0.308. The fraction of sp³-hybridized carbons (Fsp3) is 0.294. The number of nitrogens with zero attached hydrogens (tertiary/aromatic N) is 2. The fourth-order valence-electron chi connectivity index (χ4n) is 2.26. The van der Waals surface area contributed by atoms with E-state index in [0.717, 1.165) is 46.8 Å². The Labute approximate surface area is 129 Å². The Bertz CT molecular complexity index is 734. The van der Waals surface area contributed by atoms with Crippen LogP contribution in [-0.2, 0) is 0 Å². The molecule has 0 aliphatic heterocycles. The summed E-state index contributed by atoms with van der Waals surface area (Å²) in [7, 11) is 1.65. The van der Waals surface area contributed by atoms with Gasteiger partial charge in [0.15, 0.2) is 0 Å². The molecule has 1 aromatic carbocycles. The van der Waals surface area contributed by atoms with Crippen molar-refractivity contribution in [2.75, 3.05) is 13.7 Å². The number of nitrogens with one attached hydrogen (secondary N) is 1. The molecule has 0 bridgehead atoms. The van der Waals surface area contributed by atoms with E-state index in [4.69, 9.17) is 9.47 Å². The summed E-state index contributed by atoms with van der Waals surface area (Å²) < 4.78 is 11.2. The van der Waals surface area contributed by atoms with Crippen LogP contribution in [0.3, 0.4) is 0 Å². The number of hydrogen-bond donors (Lipinski definition) is 1. The van der Waals surface area contributed by atoms with Crippen LogP contribution in [0.4, 0.5) is 0 Å². The van der Waals surface area contributed by atoms with E-state index in [1.807, 2.05) is 24.3 Å². The van der Waals surface area contributed by atoms with E-state index in [2.05, 4.69) is 21.9 Å². The van der Waals surface area contributed by atoms with E-state index in [-0.39, 0.29) is 0 Å². The Hall–Kier alpha value is -2.56. The molecule has 0 spiro atoms. The lowest BCUT2D eigenvalue weighted by Gasteiger charge is -2.11. The van der Waals surface area contributed by atoms with Crippen LogP contribution in [0.25, 0.3) is 22.4 Å². The van der Waals surface area contributed by atoms with Crippen molar-refractivity contribution in [2.45, 2.75) is 19.8 Å². The van der Waals surface area contributed by atoms with Crippen LogP contribution < -0.4 is 9.47 Å². The molecule has 0 unspecified atom stereocenters. The Balaban J connectivity index is 2.00. The molecule has 3 rings (SSSR count). The van der Waals surface area contributed by atoms with E-state index < -0.39 is 0 Å². The highest BCUT2D eigenvalue weighted by atomic mass is 16.5. The number of rotatable bonds is 6. The molecule has 2 heterocycles. The summed E-state index contributed by atoms with van der Waals surface area (Å²) >= 11 is 0. The molecule has 0 amide bonds. The zero-order valence-corrected chi connectivity index (χ0v) is 12.8. The van der Waals surface area contributed by atoms with Crippen LogP contribution in [0, 0.1) is 0 Å². The highest BCUT2D eigenvalue weighted by Gasteiger charge is 2.12. The first-order valence-corrected chi connectivity index (χ1v) is 7.42. The molecule has 0 atom stereocenters. The molecule has 5 heteroatoms. The molecule has 1 N–H and O–H groups in total. The highest BCUT2D eigenvalue weighted by Crippen LogP contribution is 2.33. The lowest BCUT2D eigenvalue weighted by Crippen LogP contribution is -1.99. The van der Waals surface area contributed by atoms with Gasteiger partial charge >= 0.3 is 0 Å². The van der Waals surface area contributed by atoms with Crippen molar-refractivity contribution in [1.29, 1.82) is 0 Å². The number of aromatic amines is 1. The smallest absolute Gasteiger partial charge is 0.142 e. The van der Waals surface area contributed by atoms with E-state index in [1.54, 1.807) is 19.5 Å². The second-order valence-corrected chi connectivity index (χ2v) is 5.04. The van der Waals surface area contributed by atoms with Crippen molar-refractivity contribution >= 4 is 11.0 Å². The van der Waals surface area contributed by atoms with Crippen LogP contribution in [-0.4, -0.2) is 28.7 Å². The number of pyridine rings is 1. The van der Waals surface area contributed by atoms with Crippen molar-refractivity contribution in [3.05, 3.63) is 36.7 Å². The van der Waals surface area contributed by atoms with Gasteiger partial charge in [-0.15, -0.1) is 0 Å². The van der Waals surface area contributed by atoms with Gasteiger partial charge in [-0.1, -0.05) is 13.3 Å². The molecule has 5 nitrogen and oxygen atoms in total. The highest BCUT2D eigenvalue weighted by molar-refractivity contribution is 5.80. The normalized spacial score (nSPS) is 10.8. The van der Waals surface area contributed by atoms with Crippen LogP contribution >= 0.6 is 0 Å². The topological polar surface area (TPSA) is 60.0 Å². The quantitative estimate of drug-likeness (QED) is 0.703. The largest absolute Gasteiger partial charge is 0.497 e. The molecule has 0 saturated heterocycles. The second-order valence-electron chi connectivity index (χ2n) is 5.04. The maximum Gasteiger partial charge on any atom is 0.142 e. The molecular formula is C17H19N3O2. The number of unbranched alkanes of at least 4 members (excludes halogenated alkanes) is 1. The molecule has 22 heavy (non-hydrogen) atoms. The molecule has 0 aliphatic rings. The van der Waals surface area contributed by atoms with Crippen LogP contribution in [0.2, 0.25) is 0 Å². The summed E-state index contributed by atoms with van der Waals surface area (Å²) in [6.07, 6.45) is 5.61. The number of aromatic nitrogens is 3. The van der Waals surface area contributed by atoms with Gasteiger partial charge in [0.2, 0.25) is 0 Å². The van der Waals surface area contributed by atoms with Gasteiger partial charge in [0, 0.05) is 12.3 Å². The monoisotopic (exact) mass is 297 g/mol. The third-order valence-corrected chi connectivity index (χ3v) is 3.48. The number of ether oxygens (including phenoxy) is 2. The molecule has 0 aliphatic carbocycles. The average molecular weight is 297 g/mol. The molecule has 0 fully saturated rings. The number of benzene rings is 1. The summed E-state index contributed by atoms with van der Waals surface area (Å²) in [5.41, 5.74) is 2.72. The number of hydrogen-bond acceptors (Lipinski definition) is 4. The number of methoxy groups -OCH3 is 1. The van der Waals surface area contributed by atoms with Gasteiger partial charge < -0.3 is 14.5 Å². The third-order valence-electron chi connectivity index (χ3n) is 3.48. The summed E-state index contributed by atoms with van der Waals surface area (Å²) in [6, 6.07) is 7.66. The predicted octanol–water partition coefficient (Wildman–Crippen LogP) is 3.81. The minimum absolute atomic E-state index is 0.679. The minimum atomic E-state index is 0.679. The maximum atomic E-state index is 5.91. The Morgan fingerprint density at radius 1 is 1.23 bits per heavy atom. The van der Waals surface area contributed by atoms with Gasteiger partial charge in [0.25, 0.3) is 0 Å². The van der Waals surface area contributed by atoms with Crippen molar-refractivity contribution in [3.8, 4) is 22.9 Å². The average Bonchev–Trinajstić information content (AvgIpc) is 2.98. The molecule has 3 aromatic rings. The van der Waals surface area contributed by atoms with E-state index in [1.165, 1.54) is 0 Å². The van der Waals surface area contributed by atoms with Gasteiger partial charge in [-0.25, -0.2) is 4.98 Å². The maximum absolute atomic E-state index is 5.91. The Kier molecular flexibility index (Phi) is 4.23. The van der Waals surface area contributed by atoms with Crippen molar-refractivity contribution in [1.82, 2.24) is 15.0 Å². The molecular weight excluding hydrogens is 278 g/mol. The van der Waals surface area contributed by atoms with Gasteiger partial charge in [-0.2, -0.15) is 0 Å². The van der Waals surface area contributed by atoms with Gasteiger partial charge in [0.05, 0.1) is 36.5 Å². The number of imidazole rings is 1. The van der Waals surface area contributed by atoms with E-state index in [9.17, 15) is 0 Å². The van der Waals surface area contributed by atoms with E-state index in [0.29, 0.717) is 6.61 Å². The van der Waals surface area contributed by atoms with E-state index >= 15 is 0 Å².